The summed E-state index contributed by atoms with van der Waals surface area (Å²) in [5, 5.41) is 0. The highest BCUT2D eigenvalue weighted by Crippen LogP contribution is 2.28. The number of benzene rings is 2. The number of carbonyl (C=O) groups excluding carboxylic acids is 1. The van der Waals surface area contributed by atoms with Crippen LogP contribution >= 0.6 is 0 Å². The fraction of sp³-hybridized carbons (Fsp3) is 0.346. The number of piperidine rings is 1. The second kappa shape index (κ2) is 10.2. The standard InChI is InChI=1S/C26H29N3O2/c1-31-23-13-6-11-21(16-23)24-17-27-18-25(28-24)22-12-7-15-29(19-22)26(30)14-5-10-20-8-3-2-4-9-20/h2-4,6,8-9,11,13,16-18,22H,5,7,10,12,14-15,19H2,1H3/t22-/m1/s1. The van der Waals surface area contributed by atoms with Gasteiger partial charge in [0.2, 0.25) is 5.91 Å². The second-order valence-corrected chi connectivity index (χ2v) is 8.08. The molecule has 1 fully saturated rings. The Bertz CT molecular complexity index is 1010. The van der Waals surface area contributed by atoms with Gasteiger partial charge in [-0.1, -0.05) is 42.5 Å². The van der Waals surface area contributed by atoms with Crippen LogP contribution in [0.5, 0.6) is 5.75 Å². The minimum absolute atomic E-state index is 0.227. The lowest BCUT2D eigenvalue weighted by molar-refractivity contribution is -0.132. The average Bonchev–Trinajstić information content (AvgIpc) is 2.85. The van der Waals surface area contributed by atoms with Crippen LogP contribution in [0.3, 0.4) is 0 Å². The van der Waals surface area contributed by atoms with Crippen molar-refractivity contribution in [2.75, 3.05) is 20.2 Å². The number of rotatable bonds is 7. The maximum atomic E-state index is 12.8. The molecular formula is C26H29N3O2. The summed E-state index contributed by atoms with van der Waals surface area (Å²) in [6.07, 6.45) is 8.08. The zero-order valence-electron chi connectivity index (χ0n) is 18.0. The predicted octanol–water partition coefficient (Wildman–Crippen LogP) is 4.88. The average molecular weight is 416 g/mol. The van der Waals surface area contributed by atoms with Crippen molar-refractivity contribution >= 4 is 5.91 Å². The molecule has 2 heterocycles. The number of hydrogen-bond donors (Lipinski definition) is 0. The highest BCUT2D eigenvalue weighted by atomic mass is 16.5. The number of ether oxygens (including phenoxy) is 1. The van der Waals surface area contributed by atoms with Crippen LogP contribution in [0.2, 0.25) is 0 Å². The van der Waals surface area contributed by atoms with Crippen molar-refractivity contribution in [1.82, 2.24) is 14.9 Å². The van der Waals surface area contributed by atoms with Gasteiger partial charge in [-0.05, 0) is 43.4 Å². The fourth-order valence-electron chi connectivity index (χ4n) is 4.19. The highest BCUT2D eigenvalue weighted by molar-refractivity contribution is 5.76. The predicted molar refractivity (Wildman–Crippen MR) is 122 cm³/mol. The highest BCUT2D eigenvalue weighted by Gasteiger charge is 2.25. The number of methoxy groups -OCH3 is 1. The van der Waals surface area contributed by atoms with E-state index in [2.05, 4.69) is 17.1 Å². The van der Waals surface area contributed by atoms with E-state index in [0.29, 0.717) is 6.42 Å². The molecule has 1 aliphatic heterocycles. The minimum atomic E-state index is 0.227. The molecule has 0 spiro atoms. The van der Waals surface area contributed by atoms with Crippen molar-refractivity contribution in [3.8, 4) is 17.0 Å². The molecule has 1 saturated heterocycles. The van der Waals surface area contributed by atoms with E-state index in [-0.39, 0.29) is 11.8 Å². The molecule has 1 atom stereocenters. The summed E-state index contributed by atoms with van der Waals surface area (Å²) in [5.74, 6) is 1.28. The fourth-order valence-corrected chi connectivity index (χ4v) is 4.19. The number of likely N-dealkylation sites (tertiary alicyclic amines) is 1. The molecule has 5 nitrogen and oxygen atoms in total. The van der Waals surface area contributed by atoms with Crippen LogP contribution in [0.1, 0.15) is 42.9 Å². The van der Waals surface area contributed by atoms with Gasteiger partial charge in [0, 0.05) is 37.2 Å². The maximum absolute atomic E-state index is 12.8. The Hall–Kier alpha value is -3.21. The van der Waals surface area contributed by atoms with E-state index >= 15 is 0 Å². The largest absolute Gasteiger partial charge is 0.497 e. The van der Waals surface area contributed by atoms with Crippen LogP contribution in [-0.2, 0) is 11.2 Å². The first-order valence-corrected chi connectivity index (χ1v) is 11.0. The lowest BCUT2D eigenvalue weighted by atomic mass is 9.94. The summed E-state index contributed by atoms with van der Waals surface area (Å²) in [7, 11) is 1.66. The van der Waals surface area contributed by atoms with Crippen LogP contribution in [-0.4, -0.2) is 41.0 Å². The lowest BCUT2D eigenvalue weighted by Crippen LogP contribution is -2.39. The van der Waals surface area contributed by atoms with Gasteiger partial charge in [-0.15, -0.1) is 0 Å². The second-order valence-electron chi connectivity index (χ2n) is 8.08. The minimum Gasteiger partial charge on any atom is -0.497 e. The molecule has 0 N–H and O–H groups in total. The summed E-state index contributed by atoms with van der Waals surface area (Å²) in [5.41, 5.74) is 4.07. The SMILES string of the molecule is COc1cccc(-c2cncc([C@@H]3CCCN(C(=O)CCCc4ccccc4)C3)n2)c1. The maximum Gasteiger partial charge on any atom is 0.222 e. The van der Waals surface area contributed by atoms with Crippen LogP contribution in [0.15, 0.2) is 67.0 Å². The van der Waals surface area contributed by atoms with E-state index in [1.54, 1.807) is 13.3 Å². The topological polar surface area (TPSA) is 55.3 Å². The summed E-state index contributed by atoms with van der Waals surface area (Å²) in [6.45, 7) is 1.56. The van der Waals surface area contributed by atoms with Gasteiger partial charge in [0.15, 0.2) is 0 Å². The van der Waals surface area contributed by atoms with Crippen LogP contribution in [0, 0.1) is 0 Å². The third kappa shape index (κ3) is 5.48. The molecule has 0 bridgehead atoms. The van der Waals surface area contributed by atoms with Crippen molar-refractivity contribution in [2.24, 2.45) is 0 Å². The van der Waals surface area contributed by atoms with E-state index in [9.17, 15) is 4.79 Å². The smallest absolute Gasteiger partial charge is 0.222 e. The molecule has 1 amide bonds. The molecule has 0 radical (unpaired) electrons. The van der Waals surface area contributed by atoms with E-state index in [4.69, 9.17) is 9.72 Å². The normalized spacial score (nSPS) is 16.2. The van der Waals surface area contributed by atoms with E-state index in [1.165, 1.54) is 5.56 Å². The monoisotopic (exact) mass is 415 g/mol. The molecule has 5 heteroatoms. The quantitative estimate of drug-likeness (QED) is 0.552. The molecule has 31 heavy (non-hydrogen) atoms. The number of aromatic nitrogens is 2. The van der Waals surface area contributed by atoms with Gasteiger partial charge in [-0.3, -0.25) is 9.78 Å². The van der Waals surface area contributed by atoms with Gasteiger partial charge < -0.3 is 9.64 Å². The molecule has 1 aromatic heterocycles. The van der Waals surface area contributed by atoms with Gasteiger partial charge in [-0.2, -0.15) is 0 Å². The van der Waals surface area contributed by atoms with Crippen molar-refractivity contribution < 1.29 is 9.53 Å². The number of amides is 1. The first kappa shape index (κ1) is 21.0. The Kier molecular flexibility index (Phi) is 6.92. The molecule has 2 aromatic carbocycles. The number of aryl methyl sites for hydroxylation is 1. The van der Waals surface area contributed by atoms with E-state index in [0.717, 1.165) is 61.5 Å². The third-order valence-corrected chi connectivity index (χ3v) is 5.91. The zero-order valence-corrected chi connectivity index (χ0v) is 18.0. The van der Waals surface area contributed by atoms with Crippen molar-refractivity contribution in [1.29, 1.82) is 0 Å². The number of hydrogen-bond acceptors (Lipinski definition) is 4. The van der Waals surface area contributed by atoms with Crippen molar-refractivity contribution in [3.05, 3.63) is 78.2 Å². The Morgan fingerprint density at radius 1 is 1.13 bits per heavy atom. The van der Waals surface area contributed by atoms with Gasteiger partial charge >= 0.3 is 0 Å². The Labute approximate surface area is 184 Å². The van der Waals surface area contributed by atoms with E-state index < -0.39 is 0 Å². The molecule has 0 aliphatic carbocycles. The van der Waals surface area contributed by atoms with E-state index in [1.807, 2.05) is 53.6 Å². The van der Waals surface area contributed by atoms with Gasteiger partial charge in [0.1, 0.15) is 5.75 Å². The lowest BCUT2D eigenvalue weighted by Gasteiger charge is -2.32. The Morgan fingerprint density at radius 2 is 2.00 bits per heavy atom. The van der Waals surface area contributed by atoms with Crippen molar-refractivity contribution in [2.45, 2.75) is 38.0 Å². The molecule has 0 saturated carbocycles. The first-order valence-electron chi connectivity index (χ1n) is 11.0. The van der Waals surface area contributed by atoms with Crippen LogP contribution < -0.4 is 4.74 Å². The number of nitrogens with zero attached hydrogens (tertiary/aromatic N) is 3. The van der Waals surface area contributed by atoms with Gasteiger partial charge in [0.05, 0.1) is 24.7 Å². The van der Waals surface area contributed by atoms with Gasteiger partial charge in [-0.25, -0.2) is 4.98 Å². The molecule has 0 unspecified atom stereocenters. The Balaban J connectivity index is 1.38. The summed E-state index contributed by atoms with van der Waals surface area (Å²) in [6, 6.07) is 18.2. The molecule has 3 aromatic rings. The summed E-state index contributed by atoms with van der Waals surface area (Å²) >= 11 is 0. The number of carbonyl (C=O) groups is 1. The molecule has 1 aliphatic rings. The van der Waals surface area contributed by atoms with Gasteiger partial charge in [0.25, 0.3) is 0 Å². The summed E-state index contributed by atoms with van der Waals surface area (Å²) in [4.78, 5) is 24.1. The van der Waals surface area contributed by atoms with Crippen LogP contribution in [0.25, 0.3) is 11.3 Å². The Morgan fingerprint density at radius 3 is 2.84 bits per heavy atom. The zero-order chi connectivity index (χ0) is 21.5. The molecule has 4 rings (SSSR count). The summed E-state index contributed by atoms with van der Waals surface area (Å²) < 4.78 is 5.33. The van der Waals surface area contributed by atoms with Crippen molar-refractivity contribution in [3.63, 3.8) is 0 Å². The molecular weight excluding hydrogens is 386 g/mol. The van der Waals surface area contributed by atoms with Crippen LogP contribution in [0.4, 0.5) is 0 Å². The first-order chi connectivity index (χ1) is 15.2. The third-order valence-electron chi connectivity index (χ3n) is 5.91. The molecule has 160 valence electrons.